The molecule has 1 atom stereocenters. The highest BCUT2D eigenvalue weighted by Crippen LogP contribution is 2.41. The summed E-state index contributed by atoms with van der Waals surface area (Å²) in [7, 11) is 0. The fraction of sp³-hybridized carbons (Fsp3) is 0.241. The fourth-order valence-electron chi connectivity index (χ4n) is 5.20. The number of morpholine rings is 1. The molecule has 188 valence electrons. The van der Waals surface area contributed by atoms with Crippen LogP contribution in [0, 0.1) is 0 Å². The van der Waals surface area contributed by atoms with Crippen molar-refractivity contribution >= 4 is 45.5 Å². The van der Waals surface area contributed by atoms with Gasteiger partial charge in [-0.3, -0.25) is 9.69 Å². The largest absolute Gasteiger partial charge is 0.370 e. The number of amidine groups is 1. The highest BCUT2D eigenvalue weighted by atomic mass is 35.5. The molecule has 3 heterocycles. The number of benzene rings is 3. The zero-order valence-corrected chi connectivity index (χ0v) is 21.4. The average molecular weight is 515 g/mol. The molecule has 0 unspecified atom stereocenters. The molecule has 1 fully saturated rings. The first kappa shape index (κ1) is 23.7. The SMILES string of the molecule is CC(=O)C1=NN(c2ccc(Cl)cc2)[C@H](c2c[nH]c3ccccc23)N1c1ccc(C[NH+]2CCOCC2)cc1. The van der Waals surface area contributed by atoms with Crippen molar-refractivity contribution in [2.24, 2.45) is 5.10 Å². The number of hydrazone groups is 1. The van der Waals surface area contributed by atoms with Gasteiger partial charge in [0.2, 0.25) is 0 Å². The topological polar surface area (TPSA) is 65.4 Å². The minimum absolute atomic E-state index is 0.0943. The van der Waals surface area contributed by atoms with Crippen LogP contribution >= 0.6 is 11.6 Å². The first-order valence-electron chi connectivity index (χ1n) is 12.6. The molecule has 37 heavy (non-hydrogen) atoms. The van der Waals surface area contributed by atoms with Gasteiger partial charge in [-0.1, -0.05) is 41.9 Å². The molecule has 4 aromatic rings. The number of quaternary nitrogens is 1. The Morgan fingerprint density at radius 3 is 2.46 bits per heavy atom. The predicted octanol–water partition coefficient (Wildman–Crippen LogP) is 4.16. The molecular formula is C29H29ClN5O2+. The second-order valence-corrected chi connectivity index (χ2v) is 9.98. The number of H-pyrrole nitrogens is 1. The number of carbonyl (C=O) groups is 1. The second-order valence-electron chi connectivity index (χ2n) is 9.54. The molecule has 8 heteroatoms. The van der Waals surface area contributed by atoms with Crippen LogP contribution in [0.2, 0.25) is 5.02 Å². The molecule has 0 saturated carbocycles. The van der Waals surface area contributed by atoms with Crippen molar-refractivity contribution in [3.63, 3.8) is 0 Å². The minimum Gasteiger partial charge on any atom is -0.370 e. The smallest absolute Gasteiger partial charge is 0.198 e. The lowest BCUT2D eigenvalue weighted by atomic mass is 10.1. The third kappa shape index (κ3) is 4.62. The van der Waals surface area contributed by atoms with Crippen molar-refractivity contribution in [3.05, 3.63) is 95.1 Å². The van der Waals surface area contributed by atoms with E-state index in [0.717, 1.165) is 60.7 Å². The van der Waals surface area contributed by atoms with E-state index in [1.54, 1.807) is 6.92 Å². The first-order chi connectivity index (χ1) is 18.1. The Morgan fingerprint density at radius 1 is 1.03 bits per heavy atom. The molecule has 2 aliphatic heterocycles. The number of halogens is 1. The maximum atomic E-state index is 12.9. The van der Waals surface area contributed by atoms with Crippen LogP contribution in [0.1, 0.15) is 24.2 Å². The number of rotatable bonds is 6. The highest BCUT2D eigenvalue weighted by molar-refractivity contribution is 6.44. The van der Waals surface area contributed by atoms with E-state index in [-0.39, 0.29) is 11.9 Å². The maximum Gasteiger partial charge on any atom is 0.198 e. The van der Waals surface area contributed by atoms with Crippen molar-refractivity contribution in [1.82, 2.24) is 4.98 Å². The molecule has 2 N–H and O–H groups in total. The zero-order chi connectivity index (χ0) is 25.4. The Bertz CT molecular complexity index is 1440. The number of carbonyl (C=O) groups excluding carboxylic acids is 1. The molecular weight excluding hydrogens is 486 g/mol. The zero-order valence-electron chi connectivity index (χ0n) is 20.7. The number of aromatic amines is 1. The average Bonchev–Trinajstić information content (AvgIpc) is 3.52. The van der Waals surface area contributed by atoms with Crippen LogP contribution in [-0.2, 0) is 16.1 Å². The number of hydrogen-bond donors (Lipinski definition) is 2. The number of ketones is 1. The van der Waals surface area contributed by atoms with Gasteiger partial charge in [0.25, 0.3) is 0 Å². The molecule has 0 radical (unpaired) electrons. The van der Waals surface area contributed by atoms with Gasteiger partial charge in [-0.25, -0.2) is 5.01 Å². The molecule has 2 aliphatic rings. The van der Waals surface area contributed by atoms with E-state index in [0.29, 0.717) is 10.9 Å². The summed E-state index contributed by atoms with van der Waals surface area (Å²) >= 11 is 6.19. The van der Waals surface area contributed by atoms with Gasteiger partial charge in [0, 0.05) is 45.9 Å². The van der Waals surface area contributed by atoms with Crippen LogP contribution < -0.4 is 14.8 Å². The third-order valence-corrected chi connectivity index (χ3v) is 7.33. The number of Topliss-reactive ketones (excluding diaryl/α,β-unsaturated/α-hetero) is 1. The molecule has 0 bridgehead atoms. The molecule has 1 aromatic heterocycles. The number of anilines is 2. The van der Waals surface area contributed by atoms with Gasteiger partial charge in [0.05, 0.1) is 18.9 Å². The lowest BCUT2D eigenvalue weighted by molar-refractivity contribution is -0.921. The summed E-state index contributed by atoms with van der Waals surface area (Å²) in [5, 5.41) is 8.51. The minimum atomic E-state index is -0.355. The molecule has 6 rings (SSSR count). The van der Waals surface area contributed by atoms with E-state index < -0.39 is 0 Å². The monoisotopic (exact) mass is 514 g/mol. The summed E-state index contributed by atoms with van der Waals surface area (Å²) in [4.78, 5) is 19.9. The summed E-state index contributed by atoms with van der Waals surface area (Å²) in [5.74, 6) is 0.305. The maximum absolute atomic E-state index is 12.9. The van der Waals surface area contributed by atoms with E-state index in [1.165, 1.54) is 10.5 Å². The Kier molecular flexibility index (Phi) is 6.42. The Morgan fingerprint density at radius 2 is 1.73 bits per heavy atom. The number of nitrogens with zero attached hydrogens (tertiary/aromatic N) is 3. The third-order valence-electron chi connectivity index (χ3n) is 7.08. The second kappa shape index (κ2) is 10.0. The van der Waals surface area contributed by atoms with E-state index in [1.807, 2.05) is 52.5 Å². The molecule has 0 amide bonds. The van der Waals surface area contributed by atoms with Crippen molar-refractivity contribution in [1.29, 1.82) is 0 Å². The van der Waals surface area contributed by atoms with Gasteiger partial charge >= 0.3 is 0 Å². The summed E-state index contributed by atoms with van der Waals surface area (Å²) < 4.78 is 5.50. The molecule has 0 aliphatic carbocycles. The first-order valence-corrected chi connectivity index (χ1v) is 13.0. The number of hydrogen-bond acceptors (Lipinski definition) is 5. The van der Waals surface area contributed by atoms with E-state index in [2.05, 4.69) is 41.4 Å². The Hall–Kier alpha value is -3.65. The van der Waals surface area contributed by atoms with Gasteiger partial charge in [0.1, 0.15) is 19.6 Å². The van der Waals surface area contributed by atoms with Gasteiger partial charge in [-0.05, 0) is 42.5 Å². The van der Waals surface area contributed by atoms with Crippen molar-refractivity contribution in [2.75, 3.05) is 36.2 Å². The number of para-hydroxylation sites is 1. The van der Waals surface area contributed by atoms with Crippen molar-refractivity contribution < 1.29 is 14.4 Å². The number of aromatic nitrogens is 1. The lowest BCUT2D eigenvalue weighted by Crippen LogP contribution is -3.12. The normalized spacial score (nSPS) is 18.4. The summed E-state index contributed by atoms with van der Waals surface area (Å²) in [6.45, 7) is 6.19. The molecule has 3 aromatic carbocycles. The number of ether oxygens (including phenoxy) is 1. The van der Waals surface area contributed by atoms with Gasteiger partial charge in [-0.2, -0.15) is 0 Å². The number of nitrogens with one attached hydrogen (secondary N) is 2. The van der Waals surface area contributed by atoms with Gasteiger partial charge in [0.15, 0.2) is 17.8 Å². The molecule has 1 saturated heterocycles. The molecule has 7 nitrogen and oxygen atoms in total. The van der Waals surface area contributed by atoms with Crippen molar-refractivity contribution in [2.45, 2.75) is 19.6 Å². The summed E-state index contributed by atoms with van der Waals surface area (Å²) in [5.41, 5.74) is 5.11. The standard InChI is InChI=1S/C29H28ClN5O2/c1-20(36)28-32-35(24-12-8-22(30)9-13-24)29(26-18-31-27-5-3-2-4-25(26)27)34(28)23-10-6-21(7-11-23)19-33-14-16-37-17-15-33/h2-13,18,29,31H,14-17,19H2,1H3/p+1/t29-/m1/s1. The van der Waals surface area contributed by atoms with Crippen LogP contribution in [-0.4, -0.2) is 42.9 Å². The highest BCUT2D eigenvalue weighted by Gasteiger charge is 2.40. The van der Waals surface area contributed by atoms with Gasteiger partial charge < -0.3 is 14.6 Å². The van der Waals surface area contributed by atoms with Crippen LogP contribution in [0.25, 0.3) is 10.9 Å². The lowest BCUT2D eigenvalue weighted by Gasteiger charge is -2.32. The Labute approximate surface area is 220 Å². The number of fused-ring (bicyclic) bond motifs is 1. The van der Waals surface area contributed by atoms with E-state index in [4.69, 9.17) is 21.4 Å². The Balaban J connectivity index is 1.42. The van der Waals surface area contributed by atoms with E-state index in [9.17, 15) is 4.79 Å². The van der Waals surface area contributed by atoms with Gasteiger partial charge in [-0.15, -0.1) is 5.10 Å². The summed E-state index contributed by atoms with van der Waals surface area (Å²) in [6, 6.07) is 24.3. The van der Waals surface area contributed by atoms with E-state index >= 15 is 0 Å². The van der Waals surface area contributed by atoms with Crippen molar-refractivity contribution in [3.8, 4) is 0 Å². The predicted molar refractivity (Wildman–Crippen MR) is 147 cm³/mol. The fourth-order valence-corrected chi connectivity index (χ4v) is 5.33. The van der Waals surface area contributed by atoms with Crippen LogP contribution in [0.5, 0.6) is 0 Å². The van der Waals surface area contributed by atoms with Crippen LogP contribution in [0.15, 0.2) is 84.1 Å². The summed E-state index contributed by atoms with van der Waals surface area (Å²) in [6.07, 6.45) is 1.66. The molecule has 0 spiro atoms. The van der Waals surface area contributed by atoms with Crippen LogP contribution in [0.3, 0.4) is 0 Å². The van der Waals surface area contributed by atoms with Crippen LogP contribution in [0.4, 0.5) is 11.4 Å². The quantitative estimate of drug-likeness (QED) is 0.405.